The van der Waals surface area contributed by atoms with E-state index in [-0.39, 0.29) is 12.5 Å². The zero-order chi connectivity index (χ0) is 14.8. The van der Waals surface area contributed by atoms with Crippen LogP contribution in [-0.2, 0) is 24.4 Å². The predicted octanol–water partition coefficient (Wildman–Crippen LogP) is 2.74. The van der Waals surface area contributed by atoms with Gasteiger partial charge in [-0.1, -0.05) is 30.3 Å². The van der Waals surface area contributed by atoms with Crippen LogP contribution in [0.4, 0.5) is 8.78 Å². The van der Waals surface area contributed by atoms with E-state index in [1.54, 1.807) is 6.07 Å². The van der Waals surface area contributed by atoms with E-state index in [0.29, 0.717) is 18.8 Å². The van der Waals surface area contributed by atoms with Crippen LogP contribution in [0.2, 0.25) is 0 Å². The molecule has 1 aliphatic rings. The van der Waals surface area contributed by atoms with Crippen molar-refractivity contribution in [3.63, 3.8) is 0 Å². The molecule has 5 heteroatoms. The van der Waals surface area contributed by atoms with E-state index in [0.717, 1.165) is 22.8 Å². The minimum atomic E-state index is -0.842. The molecular formula is C16H16F2N2O. The maximum Gasteiger partial charge on any atom is 0.162 e. The lowest BCUT2D eigenvalue weighted by Gasteiger charge is -2.18. The molecule has 0 amide bonds. The summed E-state index contributed by atoms with van der Waals surface area (Å²) in [5, 5.41) is 0. The first-order chi connectivity index (χ1) is 10.2. The van der Waals surface area contributed by atoms with Gasteiger partial charge in [-0.3, -0.25) is 11.3 Å². The number of nitrogens with one attached hydrogen (secondary N) is 1. The summed E-state index contributed by atoms with van der Waals surface area (Å²) in [6.45, 7) is 1.20. The molecule has 0 radical (unpaired) electrons. The van der Waals surface area contributed by atoms with Gasteiger partial charge >= 0.3 is 0 Å². The first-order valence-corrected chi connectivity index (χ1v) is 6.77. The van der Waals surface area contributed by atoms with Crippen LogP contribution in [0.1, 0.15) is 28.3 Å². The topological polar surface area (TPSA) is 47.3 Å². The Bertz CT molecular complexity index is 661. The molecule has 1 unspecified atom stereocenters. The molecule has 0 fully saturated rings. The molecule has 0 spiro atoms. The minimum Gasteiger partial charge on any atom is -0.372 e. The van der Waals surface area contributed by atoms with Gasteiger partial charge in [0, 0.05) is 0 Å². The van der Waals surface area contributed by atoms with E-state index >= 15 is 0 Å². The summed E-state index contributed by atoms with van der Waals surface area (Å²) in [5.74, 6) is 3.93. The maximum atomic E-state index is 13.8. The molecule has 0 aliphatic carbocycles. The second-order valence-electron chi connectivity index (χ2n) is 5.16. The molecule has 2 aromatic rings. The molecule has 0 saturated heterocycles. The fourth-order valence-electron chi connectivity index (χ4n) is 2.61. The summed E-state index contributed by atoms with van der Waals surface area (Å²) in [6.07, 6.45) is 0.278. The number of ether oxygens (including phenoxy) is 1. The Hall–Kier alpha value is -1.82. The van der Waals surface area contributed by atoms with Gasteiger partial charge in [0.1, 0.15) is 0 Å². The summed E-state index contributed by atoms with van der Waals surface area (Å²) < 4.78 is 32.4. The van der Waals surface area contributed by atoms with Crippen LogP contribution >= 0.6 is 0 Å². The van der Waals surface area contributed by atoms with Crippen LogP contribution in [0, 0.1) is 11.6 Å². The van der Waals surface area contributed by atoms with Crippen LogP contribution < -0.4 is 11.3 Å². The van der Waals surface area contributed by atoms with Crippen molar-refractivity contribution in [2.45, 2.75) is 25.7 Å². The molecule has 1 aliphatic heterocycles. The Balaban J connectivity index is 1.87. The van der Waals surface area contributed by atoms with Gasteiger partial charge in [-0.25, -0.2) is 8.78 Å². The van der Waals surface area contributed by atoms with Gasteiger partial charge in [-0.2, -0.15) is 0 Å². The van der Waals surface area contributed by atoms with Gasteiger partial charge in [0.2, 0.25) is 0 Å². The third kappa shape index (κ3) is 2.81. The Labute approximate surface area is 121 Å². The van der Waals surface area contributed by atoms with E-state index in [2.05, 4.69) is 5.43 Å². The van der Waals surface area contributed by atoms with Crippen LogP contribution in [0.25, 0.3) is 0 Å². The Kier molecular flexibility index (Phi) is 3.96. The highest BCUT2D eigenvalue weighted by atomic mass is 19.2. The number of fused-ring (bicyclic) bond motifs is 1. The second kappa shape index (κ2) is 5.89. The average molecular weight is 290 g/mol. The number of benzene rings is 2. The van der Waals surface area contributed by atoms with Crippen LogP contribution in [0.15, 0.2) is 36.4 Å². The highest BCUT2D eigenvalue weighted by Crippen LogP contribution is 2.26. The maximum absolute atomic E-state index is 13.8. The van der Waals surface area contributed by atoms with Crippen molar-refractivity contribution in [3.8, 4) is 0 Å². The highest BCUT2D eigenvalue weighted by molar-refractivity contribution is 5.35. The summed E-state index contributed by atoms with van der Waals surface area (Å²) in [4.78, 5) is 0. The number of hydrazine groups is 1. The van der Waals surface area contributed by atoms with Crippen LogP contribution in [0.5, 0.6) is 0 Å². The van der Waals surface area contributed by atoms with Crippen LogP contribution in [-0.4, -0.2) is 0 Å². The molecular weight excluding hydrogens is 274 g/mol. The van der Waals surface area contributed by atoms with Gasteiger partial charge < -0.3 is 4.74 Å². The molecule has 1 heterocycles. The Morgan fingerprint density at radius 3 is 2.76 bits per heavy atom. The van der Waals surface area contributed by atoms with Crippen molar-refractivity contribution in [2.24, 2.45) is 5.84 Å². The van der Waals surface area contributed by atoms with Crippen molar-refractivity contribution in [2.75, 3.05) is 0 Å². The third-order valence-electron chi connectivity index (χ3n) is 3.80. The second-order valence-corrected chi connectivity index (χ2v) is 5.16. The van der Waals surface area contributed by atoms with Gasteiger partial charge in [0.15, 0.2) is 11.6 Å². The Morgan fingerprint density at radius 1 is 1.14 bits per heavy atom. The molecule has 3 N–H and O–H groups in total. The van der Waals surface area contributed by atoms with Gasteiger partial charge in [0.25, 0.3) is 0 Å². The van der Waals surface area contributed by atoms with Gasteiger partial charge in [-0.15, -0.1) is 0 Å². The normalized spacial score (nSPS) is 15.0. The summed E-state index contributed by atoms with van der Waals surface area (Å²) in [6, 6.07) is 9.82. The summed E-state index contributed by atoms with van der Waals surface area (Å²) >= 11 is 0. The fraction of sp³-hybridized carbons (Fsp3) is 0.250. The molecule has 3 rings (SSSR count). The highest BCUT2D eigenvalue weighted by Gasteiger charge is 2.18. The molecule has 0 saturated carbocycles. The predicted molar refractivity (Wildman–Crippen MR) is 75.1 cm³/mol. The quantitative estimate of drug-likeness (QED) is 0.672. The molecule has 1 atom stereocenters. The van der Waals surface area contributed by atoms with Crippen molar-refractivity contribution in [1.82, 2.24) is 5.43 Å². The minimum absolute atomic E-state index is 0.278. The largest absolute Gasteiger partial charge is 0.372 e. The van der Waals surface area contributed by atoms with E-state index < -0.39 is 11.6 Å². The standard InChI is InChI=1S/C16H16F2N2O/c17-14-3-1-2-11(16(14)18)7-15(20-19)10-4-5-12-8-21-9-13(12)6-10/h1-6,15,20H,7-9,19H2. The number of hydrogen-bond donors (Lipinski definition) is 2. The monoisotopic (exact) mass is 290 g/mol. The molecule has 0 aromatic heterocycles. The first kappa shape index (κ1) is 14.1. The van der Waals surface area contributed by atoms with Crippen molar-refractivity contribution in [1.29, 1.82) is 0 Å². The molecule has 3 nitrogen and oxygen atoms in total. The smallest absolute Gasteiger partial charge is 0.162 e. The zero-order valence-electron chi connectivity index (χ0n) is 11.4. The van der Waals surface area contributed by atoms with Crippen molar-refractivity contribution < 1.29 is 13.5 Å². The molecule has 110 valence electrons. The van der Waals surface area contributed by atoms with E-state index in [9.17, 15) is 8.78 Å². The van der Waals surface area contributed by atoms with E-state index in [1.807, 2.05) is 18.2 Å². The Morgan fingerprint density at radius 2 is 1.95 bits per heavy atom. The summed E-state index contributed by atoms with van der Waals surface area (Å²) in [7, 11) is 0. The third-order valence-corrected chi connectivity index (χ3v) is 3.80. The number of nitrogens with two attached hydrogens (primary N) is 1. The van der Waals surface area contributed by atoms with Gasteiger partial charge in [-0.05, 0) is 34.7 Å². The lowest BCUT2D eigenvalue weighted by Crippen LogP contribution is -2.30. The molecule has 0 bridgehead atoms. The van der Waals surface area contributed by atoms with Crippen molar-refractivity contribution >= 4 is 0 Å². The van der Waals surface area contributed by atoms with Crippen LogP contribution in [0.3, 0.4) is 0 Å². The average Bonchev–Trinajstić information content (AvgIpc) is 2.96. The first-order valence-electron chi connectivity index (χ1n) is 6.77. The van der Waals surface area contributed by atoms with Crippen molar-refractivity contribution in [3.05, 3.63) is 70.3 Å². The lowest BCUT2D eigenvalue weighted by atomic mass is 9.96. The zero-order valence-corrected chi connectivity index (χ0v) is 11.4. The van der Waals surface area contributed by atoms with E-state index in [4.69, 9.17) is 10.6 Å². The van der Waals surface area contributed by atoms with E-state index in [1.165, 1.54) is 6.07 Å². The molecule has 21 heavy (non-hydrogen) atoms. The number of halogens is 2. The number of hydrogen-bond acceptors (Lipinski definition) is 3. The van der Waals surface area contributed by atoms with Gasteiger partial charge in [0.05, 0.1) is 19.3 Å². The fourth-order valence-corrected chi connectivity index (χ4v) is 2.61. The number of rotatable bonds is 4. The summed E-state index contributed by atoms with van der Waals surface area (Å²) in [5.41, 5.74) is 6.19. The molecule has 2 aromatic carbocycles. The lowest BCUT2D eigenvalue weighted by molar-refractivity contribution is 0.134. The SMILES string of the molecule is NNC(Cc1cccc(F)c1F)c1ccc2c(c1)COC2.